The minimum atomic E-state index is 0.179. The Bertz CT molecular complexity index is 478. The highest BCUT2D eigenvalue weighted by Gasteiger charge is 2.23. The standard InChI is InChI=1S/C17H25BrN2O/c1-13-7-3-6-10-16(13)19-17(21)12-20(2)11-14-8-4-5-9-15(14)18/h4-5,8-9,13,16H,3,6-7,10-12H2,1-2H3,(H,19,21)/p+1/t13-,16-/m0/s1. The molecule has 0 heterocycles. The van der Waals surface area contributed by atoms with E-state index in [1.165, 1.54) is 29.7 Å². The summed E-state index contributed by atoms with van der Waals surface area (Å²) >= 11 is 3.56. The molecule has 1 aliphatic carbocycles. The number of benzene rings is 1. The molecule has 1 unspecified atom stereocenters. The number of quaternary nitrogens is 1. The number of likely N-dealkylation sites (N-methyl/N-ethyl adjacent to an activating group) is 1. The van der Waals surface area contributed by atoms with Crippen LogP contribution in [0.4, 0.5) is 0 Å². The predicted octanol–water partition coefficient (Wildman–Crippen LogP) is 2.16. The zero-order valence-corrected chi connectivity index (χ0v) is 14.6. The Morgan fingerprint density at radius 3 is 2.76 bits per heavy atom. The van der Waals surface area contributed by atoms with E-state index in [1.54, 1.807) is 0 Å². The fourth-order valence-electron chi connectivity index (χ4n) is 3.09. The molecule has 3 nitrogen and oxygen atoms in total. The van der Waals surface area contributed by atoms with Gasteiger partial charge in [-0.25, -0.2) is 0 Å². The first-order valence-electron chi connectivity index (χ1n) is 7.90. The lowest BCUT2D eigenvalue weighted by molar-refractivity contribution is -0.885. The highest BCUT2D eigenvalue weighted by Crippen LogP contribution is 2.23. The zero-order valence-electron chi connectivity index (χ0n) is 13.0. The zero-order chi connectivity index (χ0) is 15.2. The average molecular weight is 354 g/mol. The third-order valence-electron chi connectivity index (χ3n) is 4.37. The van der Waals surface area contributed by atoms with Gasteiger partial charge in [-0.3, -0.25) is 4.79 Å². The Kier molecular flexibility index (Phi) is 6.24. The number of rotatable bonds is 5. The van der Waals surface area contributed by atoms with Crippen LogP contribution in [-0.4, -0.2) is 25.5 Å². The van der Waals surface area contributed by atoms with Gasteiger partial charge in [0.15, 0.2) is 6.54 Å². The minimum Gasteiger partial charge on any atom is -0.348 e. The summed E-state index contributed by atoms with van der Waals surface area (Å²) in [6.45, 7) is 3.64. The molecular weight excluding hydrogens is 328 g/mol. The summed E-state index contributed by atoms with van der Waals surface area (Å²) in [5, 5.41) is 3.23. The number of hydrogen-bond donors (Lipinski definition) is 2. The van der Waals surface area contributed by atoms with Crippen LogP contribution in [0.2, 0.25) is 0 Å². The first kappa shape index (κ1) is 16.5. The Labute approximate surface area is 136 Å². The number of amides is 1. The molecule has 21 heavy (non-hydrogen) atoms. The van der Waals surface area contributed by atoms with Crippen molar-refractivity contribution >= 4 is 21.8 Å². The van der Waals surface area contributed by atoms with Crippen molar-refractivity contribution in [3.8, 4) is 0 Å². The normalized spacial score (nSPS) is 23.6. The molecule has 1 aliphatic rings. The van der Waals surface area contributed by atoms with Crippen LogP contribution in [0.1, 0.15) is 38.2 Å². The highest BCUT2D eigenvalue weighted by molar-refractivity contribution is 9.10. The van der Waals surface area contributed by atoms with Crippen LogP contribution in [0.15, 0.2) is 28.7 Å². The molecular formula is C17H26BrN2O+. The smallest absolute Gasteiger partial charge is 0.275 e. The molecule has 0 bridgehead atoms. The fourth-order valence-corrected chi connectivity index (χ4v) is 3.52. The van der Waals surface area contributed by atoms with Gasteiger partial charge in [0.1, 0.15) is 6.54 Å². The van der Waals surface area contributed by atoms with E-state index in [1.807, 2.05) is 18.2 Å². The molecule has 4 heteroatoms. The molecule has 2 rings (SSSR count). The predicted molar refractivity (Wildman–Crippen MR) is 89.2 cm³/mol. The summed E-state index contributed by atoms with van der Waals surface area (Å²) in [6, 6.07) is 8.58. The second kappa shape index (κ2) is 7.95. The van der Waals surface area contributed by atoms with E-state index in [-0.39, 0.29) is 5.91 Å². The summed E-state index contributed by atoms with van der Waals surface area (Å²) in [6.07, 6.45) is 4.93. The molecule has 1 aromatic rings. The molecule has 1 saturated carbocycles. The van der Waals surface area contributed by atoms with E-state index in [4.69, 9.17) is 0 Å². The van der Waals surface area contributed by atoms with Gasteiger partial charge in [-0.1, -0.05) is 53.9 Å². The largest absolute Gasteiger partial charge is 0.348 e. The Hall–Kier alpha value is -0.870. The van der Waals surface area contributed by atoms with Gasteiger partial charge >= 0.3 is 0 Å². The van der Waals surface area contributed by atoms with Crippen molar-refractivity contribution < 1.29 is 9.69 Å². The van der Waals surface area contributed by atoms with E-state index in [0.29, 0.717) is 18.5 Å². The van der Waals surface area contributed by atoms with Gasteiger partial charge in [-0.2, -0.15) is 0 Å². The van der Waals surface area contributed by atoms with E-state index in [2.05, 4.69) is 41.3 Å². The molecule has 116 valence electrons. The number of hydrogen-bond acceptors (Lipinski definition) is 1. The summed E-state index contributed by atoms with van der Waals surface area (Å²) in [5.74, 6) is 0.796. The second-order valence-electron chi connectivity index (χ2n) is 6.34. The molecule has 3 atom stereocenters. The first-order valence-corrected chi connectivity index (χ1v) is 8.69. The van der Waals surface area contributed by atoms with Crippen molar-refractivity contribution in [1.29, 1.82) is 0 Å². The van der Waals surface area contributed by atoms with E-state index >= 15 is 0 Å². The number of carbonyl (C=O) groups is 1. The molecule has 0 saturated heterocycles. The van der Waals surface area contributed by atoms with Crippen LogP contribution in [0, 0.1) is 5.92 Å². The third-order valence-corrected chi connectivity index (χ3v) is 5.14. The van der Waals surface area contributed by atoms with Crippen molar-refractivity contribution in [1.82, 2.24) is 5.32 Å². The van der Waals surface area contributed by atoms with E-state index in [9.17, 15) is 4.79 Å². The van der Waals surface area contributed by atoms with Crippen LogP contribution < -0.4 is 10.2 Å². The second-order valence-corrected chi connectivity index (χ2v) is 7.19. The first-order chi connectivity index (χ1) is 10.1. The molecule has 0 radical (unpaired) electrons. The van der Waals surface area contributed by atoms with Gasteiger partial charge in [-0.05, 0) is 24.8 Å². The molecule has 1 fully saturated rings. The van der Waals surface area contributed by atoms with Crippen LogP contribution >= 0.6 is 15.9 Å². The number of carbonyl (C=O) groups excluding carboxylic acids is 1. The molecule has 1 amide bonds. The van der Waals surface area contributed by atoms with Gasteiger partial charge in [0.2, 0.25) is 0 Å². The Morgan fingerprint density at radius 1 is 1.33 bits per heavy atom. The lowest BCUT2D eigenvalue weighted by atomic mass is 9.86. The number of halogens is 1. The maximum Gasteiger partial charge on any atom is 0.275 e. The monoisotopic (exact) mass is 353 g/mol. The molecule has 1 aromatic carbocycles. The minimum absolute atomic E-state index is 0.179. The Balaban J connectivity index is 1.80. The quantitative estimate of drug-likeness (QED) is 0.835. The number of nitrogens with one attached hydrogen (secondary N) is 2. The van der Waals surface area contributed by atoms with Crippen molar-refractivity contribution in [2.24, 2.45) is 5.92 Å². The fraction of sp³-hybridized carbons (Fsp3) is 0.588. The van der Waals surface area contributed by atoms with Gasteiger partial charge in [0, 0.05) is 16.1 Å². The third kappa shape index (κ3) is 5.11. The van der Waals surface area contributed by atoms with Crippen molar-refractivity contribution in [2.45, 2.75) is 45.2 Å². The van der Waals surface area contributed by atoms with Crippen LogP contribution in [0.3, 0.4) is 0 Å². The Morgan fingerprint density at radius 2 is 2.05 bits per heavy atom. The lowest BCUT2D eigenvalue weighted by Crippen LogP contribution is -3.09. The molecule has 0 aromatic heterocycles. The van der Waals surface area contributed by atoms with Gasteiger partial charge in [-0.15, -0.1) is 0 Å². The summed E-state index contributed by atoms with van der Waals surface area (Å²) in [5.41, 5.74) is 1.24. The topological polar surface area (TPSA) is 33.5 Å². The van der Waals surface area contributed by atoms with Gasteiger partial charge in [0.05, 0.1) is 7.05 Å². The van der Waals surface area contributed by atoms with Gasteiger partial charge < -0.3 is 10.2 Å². The van der Waals surface area contributed by atoms with Crippen LogP contribution in [0.5, 0.6) is 0 Å². The molecule has 0 spiro atoms. The van der Waals surface area contributed by atoms with Crippen molar-refractivity contribution in [2.75, 3.05) is 13.6 Å². The summed E-state index contributed by atoms with van der Waals surface area (Å²) in [4.78, 5) is 13.4. The summed E-state index contributed by atoms with van der Waals surface area (Å²) in [7, 11) is 2.07. The lowest BCUT2D eigenvalue weighted by Gasteiger charge is -2.29. The average Bonchev–Trinajstić information content (AvgIpc) is 2.44. The van der Waals surface area contributed by atoms with E-state index < -0.39 is 0 Å². The SMILES string of the molecule is C[C@H]1CCCC[C@@H]1NC(=O)C[NH+](C)Cc1ccccc1Br. The summed E-state index contributed by atoms with van der Waals surface area (Å²) < 4.78 is 1.12. The van der Waals surface area contributed by atoms with Crippen molar-refractivity contribution in [3.63, 3.8) is 0 Å². The van der Waals surface area contributed by atoms with Crippen LogP contribution in [0.25, 0.3) is 0 Å². The van der Waals surface area contributed by atoms with Crippen molar-refractivity contribution in [3.05, 3.63) is 34.3 Å². The maximum absolute atomic E-state index is 12.2. The van der Waals surface area contributed by atoms with Gasteiger partial charge in [0.25, 0.3) is 5.91 Å². The molecule has 2 N–H and O–H groups in total. The molecule has 0 aliphatic heterocycles. The van der Waals surface area contributed by atoms with Crippen LogP contribution in [-0.2, 0) is 11.3 Å². The maximum atomic E-state index is 12.2. The highest BCUT2D eigenvalue weighted by atomic mass is 79.9. The van der Waals surface area contributed by atoms with E-state index in [0.717, 1.165) is 17.4 Å².